The number of hydrogen-bond donors (Lipinski definition) is 2. The van der Waals surface area contributed by atoms with Crippen molar-refractivity contribution in [3.05, 3.63) is 12.2 Å². The van der Waals surface area contributed by atoms with Crippen LogP contribution in [-0.4, -0.2) is 51.6 Å². The molecule has 5 nitrogen and oxygen atoms in total. The van der Waals surface area contributed by atoms with Gasteiger partial charge >= 0.3 is 12.0 Å². The molecule has 2 amide bonds. The molecule has 0 saturated carbocycles. The van der Waals surface area contributed by atoms with E-state index in [2.05, 4.69) is 19.2 Å². The number of nitrogens with zero attached hydrogens (tertiary/aromatic N) is 1. The first kappa shape index (κ1) is 14.2. The molecule has 106 valence electrons. The minimum Gasteiger partial charge on any atom is -0.481 e. The summed E-state index contributed by atoms with van der Waals surface area (Å²) in [5, 5.41) is 12.7. The van der Waals surface area contributed by atoms with E-state index < -0.39 is 11.9 Å². The lowest BCUT2D eigenvalue weighted by Gasteiger charge is -2.35. The molecule has 6 heteroatoms. The molecule has 0 aromatic heterocycles. The molecule has 4 unspecified atom stereocenters. The van der Waals surface area contributed by atoms with E-state index in [1.807, 2.05) is 16.7 Å². The maximum absolute atomic E-state index is 12.1. The van der Waals surface area contributed by atoms with Gasteiger partial charge in [-0.05, 0) is 6.42 Å². The summed E-state index contributed by atoms with van der Waals surface area (Å²) in [5.74, 6) is -1.30. The smallest absolute Gasteiger partial charge is 0.317 e. The number of carboxylic acid groups (broad SMARTS) is 1. The highest BCUT2D eigenvalue weighted by Crippen LogP contribution is 2.25. The number of carboxylic acids is 1. The Hall–Kier alpha value is -1.17. The third-order valence-corrected chi connectivity index (χ3v) is 4.64. The average molecular weight is 284 g/mol. The first-order chi connectivity index (χ1) is 8.95. The van der Waals surface area contributed by atoms with Crippen molar-refractivity contribution in [3.8, 4) is 0 Å². The fourth-order valence-electron chi connectivity index (χ4n) is 2.58. The van der Waals surface area contributed by atoms with E-state index in [0.717, 1.165) is 13.1 Å². The molecule has 2 rings (SSSR count). The van der Waals surface area contributed by atoms with Crippen molar-refractivity contribution < 1.29 is 14.7 Å². The standard InChI is InChI=1S/C13H20N2O3S/c1-8-6-15(7-9(2)19-8)13(18)14-11-4-3-10(5-11)12(16)17/h3-4,8-11H,5-7H2,1-2H3,(H,14,18)(H,16,17). The van der Waals surface area contributed by atoms with Crippen LogP contribution in [0.4, 0.5) is 4.79 Å². The van der Waals surface area contributed by atoms with Gasteiger partial charge in [0, 0.05) is 23.6 Å². The fourth-order valence-corrected chi connectivity index (χ4v) is 3.91. The molecule has 0 radical (unpaired) electrons. The number of carbonyl (C=O) groups is 2. The van der Waals surface area contributed by atoms with E-state index in [4.69, 9.17) is 5.11 Å². The Labute approximate surface area is 117 Å². The van der Waals surface area contributed by atoms with Gasteiger partial charge in [-0.15, -0.1) is 0 Å². The van der Waals surface area contributed by atoms with E-state index in [1.165, 1.54) is 0 Å². The predicted octanol–water partition coefficient (Wildman–Crippen LogP) is 1.55. The SMILES string of the molecule is CC1CN(C(=O)NC2C=CC(C(=O)O)C2)CC(C)S1. The van der Waals surface area contributed by atoms with Crippen LogP contribution in [0.3, 0.4) is 0 Å². The average Bonchev–Trinajstić information content (AvgIpc) is 2.76. The number of rotatable bonds is 2. The highest BCUT2D eigenvalue weighted by molar-refractivity contribution is 8.00. The van der Waals surface area contributed by atoms with Crippen molar-refractivity contribution in [2.45, 2.75) is 36.8 Å². The molecule has 1 aliphatic heterocycles. The number of carbonyl (C=O) groups excluding carboxylic acids is 1. The molecular weight excluding hydrogens is 264 g/mol. The third-order valence-electron chi connectivity index (χ3n) is 3.42. The summed E-state index contributed by atoms with van der Waals surface area (Å²) in [5.41, 5.74) is 0. The summed E-state index contributed by atoms with van der Waals surface area (Å²) < 4.78 is 0. The molecule has 0 spiro atoms. The molecular formula is C13H20N2O3S. The first-order valence-electron chi connectivity index (χ1n) is 6.57. The Morgan fingerprint density at radius 1 is 1.26 bits per heavy atom. The Bertz CT molecular complexity index is 389. The second-order valence-corrected chi connectivity index (χ2v) is 7.17. The molecule has 1 fully saturated rings. The van der Waals surface area contributed by atoms with Crippen molar-refractivity contribution in [2.75, 3.05) is 13.1 Å². The second kappa shape index (κ2) is 5.86. The summed E-state index contributed by atoms with van der Waals surface area (Å²) in [7, 11) is 0. The van der Waals surface area contributed by atoms with Crippen LogP contribution in [-0.2, 0) is 4.79 Å². The number of amides is 2. The summed E-state index contributed by atoms with van der Waals surface area (Å²) >= 11 is 1.90. The molecule has 1 heterocycles. The van der Waals surface area contributed by atoms with Gasteiger partial charge in [-0.2, -0.15) is 11.8 Å². The highest BCUT2D eigenvalue weighted by Gasteiger charge is 2.29. The number of thioether (sulfide) groups is 1. The summed E-state index contributed by atoms with van der Waals surface area (Å²) in [6.07, 6.45) is 3.89. The number of aliphatic carboxylic acids is 1. The first-order valence-corrected chi connectivity index (χ1v) is 7.52. The quantitative estimate of drug-likeness (QED) is 0.755. The van der Waals surface area contributed by atoms with Crippen LogP contribution in [0.2, 0.25) is 0 Å². The molecule has 19 heavy (non-hydrogen) atoms. The van der Waals surface area contributed by atoms with E-state index in [9.17, 15) is 9.59 Å². The number of urea groups is 1. The molecule has 2 aliphatic rings. The molecule has 0 aromatic rings. The highest BCUT2D eigenvalue weighted by atomic mass is 32.2. The van der Waals surface area contributed by atoms with Crippen LogP contribution in [0, 0.1) is 5.92 Å². The molecule has 2 N–H and O–H groups in total. The monoisotopic (exact) mass is 284 g/mol. The van der Waals surface area contributed by atoms with E-state index in [0.29, 0.717) is 16.9 Å². The van der Waals surface area contributed by atoms with Crippen molar-refractivity contribution in [3.63, 3.8) is 0 Å². The van der Waals surface area contributed by atoms with Gasteiger partial charge < -0.3 is 15.3 Å². The summed E-state index contributed by atoms with van der Waals surface area (Å²) in [6.45, 7) is 5.74. The van der Waals surface area contributed by atoms with Crippen LogP contribution in [0.25, 0.3) is 0 Å². The van der Waals surface area contributed by atoms with Crippen molar-refractivity contribution >= 4 is 23.8 Å². The molecule has 0 bridgehead atoms. The van der Waals surface area contributed by atoms with Crippen LogP contribution < -0.4 is 5.32 Å². The lowest BCUT2D eigenvalue weighted by atomic mass is 10.1. The van der Waals surface area contributed by atoms with E-state index in [-0.39, 0.29) is 12.1 Å². The van der Waals surface area contributed by atoms with Gasteiger partial charge in [-0.3, -0.25) is 4.79 Å². The Balaban J connectivity index is 1.85. The maximum atomic E-state index is 12.1. The number of nitrogens with one attached hydrogen (secondary N) is 1. The predicted molar refractivity (Wildman–Crippen MR) is 75.3 cm³/mol. The summed E-state index contributed by atoms with van der Waals surface area (Å²) in [6, 6.07) is -0.242. The van der Waals surface area contributed by atoms with Crippen LogP contribution in [0.15, 0.2) is 12.2 Å². The van der Waals surface area contributed by atoms with Gasteiger partial charge in [0.05, 0.1) is 12.0 Å². The Morgan fingerprint density at radius 2 is 1.89 bits per heavy atom. The lowest BCUT2D eigenvalue weighted by Crippen LogP contribution is -2.50. The zero-order valence-electron chi connectivity index (χ0n) is 11.2. The van der Waals surface area contributed by atoms with Crippen molar-refractivity contribution in [1.82, 2.24) is 10.2 Å². The molecule has 1 aliphatic carbocycles. The molecule has 4 atom stereocenters. The third kappa shape index (κ3) is 3.65. The maximum Gasteiger partial charge on any atom is 0.317 e. The van der Waals surface area contributed by atoms with Crippen molar-refractivity contribution in [1.29, 1.82) is 0 Å². The van der Waals surface area contributed by atoms with Gasteiger partial charge in [0.1, 0.15) is 0 Å². The molecule has 1 saturated heterocycles. The van der Waals surface area contributed by atoms with E-state index >= 15 is 0 Å². The van der Waals surface area contributed by atoms with Crippen LogP contribution in [0.5, 0.6) is 0 Å². The van der Waals surface area contributed by atoms with Gasteiger partial charge in [-0.25, -0.2) is 4.79 Å². The Morgan fingerprint density at radius 3 is 2.42 bits per heavy atom. The van der Waals surface area contributed by atoms with Crippen LogP contribution in [0.1, 0.15) is 20.3 Å². The fraction of sp³-hybridized carbons (Fsp3) is 0.692. The topological polar surface area (TPSA) is 69.6 Å². The normalized spacial score (nSPS) is 34.3. The van der Waals surface area contributed by atoms with Crippen molar-refractivity contribution in [2.24, 2.45) is 5.92 Å². The zero-order chi connectivity index (χ0) is 14.0. The van der Waals surface area contributed by atoms with Gasteiger partial charge in [-0.1, -0.05) is 26.0 Å². The Kier molecular flexibility index (Phi) is 4.39. The van der Waals surface area contributed by atoms with E-state index in [1.54, 1.807) is 12.2 Å². The minimum atomic E-state index is -0.829. The van der Waals surface area contributed by atoms with Gasteiger partial charge in [0.15, 0.2) is 0 Å². The van der Waals surface area contributed by atoms with Gasteiger partial charge in [0.25, 0.3) is 0 Å². The second-order valence-electron chi connectivity index (χ2n) is 5.28. The summed E-state index contributed by atoms with van der Waals surface area (Å²) in [4.78, 5) is 24.8. The number of hydrogen-bond acceptors (Lipinski definition) is 3. The van der Waals surface area contributed by atoms with Crippen LogP contribution >= 0.6 is 11.8 Å². The molecule has 0 aromatic carbocycles. The minimum absolute atomic E-state index is 0.0836. The zero-order valence-corrected chi connectivity index (χ0v) is 12.0. The largest absolute Gasteiger partial charge is 0.481 e. The van der Waals surface area contributed by atoms with Gasteiger partial charge in [0.2, 0.25) is 0 Å². The lowest BCUT2D eigenvalue weighted by molar-refractivity contribution is -0.140.